The third-order valence-electron chi connectivity index (χ3n) is 2.86. The number of nitrogens with one attached hydrogen (secondary N) is 1. The second kappa shape index (κ2) is 4.75. The lowest BCUT2D eigenvalue weighted by Crippen LogP contribution is -1.96. The SMILES string of the molecule is Fc1ccc(-n2c(=S)[nH]c3c(F)cc(F)cc32)c(Br)c1. The van der Waals surface area contributed by atoms with Gasteiger partial charge in [0.05, 0.1) is 11.2 Å². The number of benzene rings is 2. The van der Waals surface area contributed by atoms with E-state index in [1.165, 1.54) is 28.8 Å². The fraction of sp³-hybridized carbons (Fsp3) is 0. The van der Waals surface area contributed by atoms with E-state index in [4.69, 9.17) is 12.2 Å². The Morgan fingerprint density at radius 1 is 1.05 bits per heavy atom. The number of hydrogen-bond donors (Lipinski definition) is 1. The van der Waals surface area contributed by atoms with Crippen LogP contribution in [0.15, 0.2) is 34.8 Å². The molecule has 0 radical (unpaired) electrons. The number of nitrogens with zero attached hydrogens (tertiary/aromatic N) is 1. The highest BCUT2D eigenvalue weighted by Gasteiger charge is 2.14. The number of H-pyrrole nitrogens is 1. The molecule has 20 heavy (non-hydrogen) atoms. The highest BCUT2D eigenvalue weighted by molar-refractivity contribution is 9.10. The van der Waals surface area contributed by atoms with E-state index in [0.29, 0.717) is 10.2 Å². The number of aromatic nitrogens is 2. The zero-order valence-electron chi connectivity index (χ0n) is 9.75. The van der Waals surface area contributed by atoms with Gasteiger partial charge in [0.25, 0.3) is 0 Å². The van der Waals surface area contributed by atoms with Crippen molar-refractivity contribution in [3.63, 3.8) is 0 Å². The third kappa shape index (κ3) is 2.06. The van der Waals surface area contributed by atoms with Gasteiger partial charge in [0.15, 0.2) is 10.6 Å². The predicted octanol–water partition coefficient (Wildman–Crippen LogP) is 4.87. The molecule has 0 atom stereocenters. The van der Waals surface area contributed by atoms with E-state index in [-0.39, 0.29) is 15.8 Å². The Bertz CT molecular complexity index is 885. The summed E-state index contributed by atoms with van der Waals surface area (Å²) in [4.78, 5) is 2.68. The van der Waals surface area contributed by atoms with Gasteiger partial charge in [0.2, 0.25) is 0 Å². The van der Waals surface area contributed by atoms with Crippen LogP contribution in [0.2, 0.25) is 0 Å². The molecule has 0 aliphatic heterocycles. The molecule has 7 heteroatoms. The Morgan fingerprint density at radius 3 is 2.50 bits per heavy atom. The molecule has 3 rings (SSSR count). The molecule has 0 aliphatic carbocycles. The first kappa shape index (κ1) is 13.4. The van der Waals surface area contributed by atoms with E-state index in [0.717, 1.165) is 6.07 Å². The molecule has 0 bridgehead atoms. The van der Waals surface area contributed by atoms with Gasteiger partial charge < -0.3 is 4.98 Å². The van der Waals surface area contributed by atoms with Crippen LogP contribution in [0.25, 0.3) is 16.7 Å². The molecule has 0 amide bonds. The van der Waals surface area contributed by atoms with Gasteiger partial charge >= 0.3 is 0 Å². The quantitative estimate of drug-likeness (QED) is 0.615. The maximum absolute atomic E-state index is 13.7. The van der Waals surface area contributed by atoms with E-state index in [2.05, 4.69) is 20.9 Å². The van der Waals surface area contributed by atoms with Gasteiger partial charge in [0, 0.05) is 16.6 Å². The minimum absolute atomic E-state index is 0.104. The van der Waals surface area contributed by atoms with Gasteiger partial charge in [-0.3, -0.25) is 4.57 Å². The second-order valence-corrected chi connectivity index (χ2v) is 5.38. The van der Waals surface area contributed by atoms with Crippen molar-refractivity contribution in [1.82, 2.24) is 9.55 Å². The fourth-order valence-corrected chi connectivity index (χ4v) is 2.86. The van der Waals surface area contributed by atoms with Crippen LogP contribution in [0.5, 0.6) is 0 Å². The topological polar surface area (TPSA) is 20.7 Å². The van der Waals surface area contributed by atoms with Crippen molar-refractivity contribution in [3.8, 4) is 5.69 Å². The lowest BCUT2D eigenvalue weighted by Gasteiger charge is -2.07. The van der Waals surface area contributed by atoms with Crippen molar-refractivity contribution in [2.24, 2.45) is 0 Å². The first-order valence-electron chi connectivity index (χ1n) is 5.52. The summed E-state index contributed by atoms with van der Waals surface area (Å²) in [6, 6.07) is 5.92. The first-order chi connectivity index (χ1) is 9.47. The summed E-state index contributed by atoms with van der Waals surface area (Å²) in [6.07, 6.45) is 0. The van der Waals surface area contributed by atoms with Gasteiger partial charge in [-0.05, 0) is 46.3 Å². The van der Waals surface area contributed by atoms with Gasteiger partial charge in [-0.1, -0.05) is 0 Å². The first-order valence-corrected chi connectivity index (χ1v) is 6.72. The minimum Gasteiger partial charge on any atom is -0.328 e. The van der Waals surface area contributed by atoms with Gasteiger partial charge in [0.1, 0.15) is 17.2 Å². The molecule has 2 aromatic carbocycles. The van der Waals surface area contributed by atoms with Crippen molar-refractivity contribution in [1.29, 1.82) is 0 Å². The summed E-state index contributed by atoms with van der Waals surface area (Å²) >= 11 is 8.35. The number of halogens is 4. The monoisotopic (exact) mass is 358 g/mol. The average molecular weight is 359 g/mol. The second-order valence-electron chi connectivity index (χ2n) is 4.14. The van der Waals surface area contributed by atoms with Crippen molar-refractivity contribution in [2.45, 2.75) is 0 Å². The molecule has 3 aromatic rings. The largest absolute Gasteiger partial charge is 0.328 e. The fourth-order valence-electron chi connectivity index (χ4n) is 2.03. The third-order valence-corrected chi connectivity index (χ3v) is 3.78. The summed E-state index contributed by atoms with van der Waals surface area (Å²) < 4.78 is 42.3. The van der Waals surface area contributed by atoms with E-state index in [1.807, 2.05) is 0 Å². The molecule has 1 heterocycles. The molecule has 0 spiro atoms. The van der Waals surface area contributed by atoms with E-state index in [1.54, 1.807) is 0 Å². The number of hydrogen-bond acceptors (Lipinski definition) is 1. The molecule has 1 aromatic heterocycles. The Hall–Kier alpha value is -1.60. The number of aromatic amines is 1. The van der Waals surface area contributed by atoms with Crippen LogP contribution in [0.4, 0.5) is 13.2 Å². The van der Waals surface area contributed by atoms with Gasteiger partial charge in [-0.25, -0.2) is 13.2 Å². The molecule has 1 N–H and O–H groups in total. The van der Waals surface area contributed by atoms with Crippen molar-refractivity contribution in [2.75, 3.05) is 0 Å². The molecule has 0 saturated heterocycles. The smallest absolute Gasteiger partial charge is 0.182 e. The van der Waals surface area contributed by atoms with Crippen LogP contribution in [0, 0.1) is 22.2 Å². The standard InChI is InChI=1S/C13H6BrF3N2S/c14-8-3-6(15)1-2-10(8)19-11-5-7(16)4-9(17)12(11)18-13(19)20/h1-5H,(H,18,20). The molecule has 2 nitrogen and oxygen atoms in total. The van der Waals surface area contributed by atoms with Gasteiger partial charge in [-0.15, -0.1) is 0 Å². The molecule has 102 valence electrons. The Morgan fingerprint density at radius 2 is 1.80 bits per heavy atom. The van der Waals surface area contributed by atoms with Crippen LogP contribution >= 0.6 is 28.1 Å². The highest BCUT2D eigenvalue weighted by Crippen LogP contribution is 2.28. The summed E-state index contributed by atoms with van der Waals surface area (Å²) in [5, 5.41) is 0. The Balaban J connectivity index is 2.42. The Labute approximate surface area is 125 Å². The van der Waals surface area contributed by atoms with E-state index in [9.17, 15) is 13.2 Å². The molecular weight excluding hydrogens is 353 g/mol. The lowest BCUT2D eigenvalue weighted by molar-refractivity contribution is 0.590. The summed E-state index contributed by atoms with van der Waals surface area (Å²) in [5.74, 6) is -1.87. The molecule has 0 fully saturated rings. The van der Waals surface area contributed by atoms with Crippen molar-refractivity contribution >= 4 is 39.2 Å². The van der Waals surface area contributed by atoms with Crippen LogP contribution in [0.1, 0.15) is 0 Å². The van der Waals surface area contributed by atoms with E-state index < -0.39 is 17.5 Å². The van der Waals surface area contributed by atoms with Gasteiger partial charge in [-0.2, -0.15) is 0 Å². The minimum atomic E-state index is -0.733. The number of imidazole rings is 1. The summed E-state index contributed by atoms with van der Waals surface area (Å²) in [6.45, 7) is 0. The predicted molar refractivity (Wildman–Crippen MR) is 76.0 cm³/mol. The van der Waals surface area contributed by atoms with Crippen molar-refractivity contribution in [3.05, 3.63) is 57.0 Å². The van der Waals surface area contributed by atoms with E-state index >= 15 is 0 Å². The summed E-state index contributed by atoms with van der Waals surface area (Å²) in [5.41, 5.74) is 0.847. The van der Waals surface area contributed by atoms with Crippen molar-refractivity contribution < 1.29 is 13.2 Å². The molecular formula is C13H6BrF3N2S. The molecule has 0 aliphatic rings. The Kier molecular flexibility index (Phi) is 3.18. The normalized spacial score (nSPS) is 11.2. The van der Waals surface area contributed by atoms with Crippen LogP contribution in [-0.2, 0) is 0 Å². The highest BCUT2D eigenvalue weighted by atomic mass is 79.9. The zero-order chi connectivity index (χ0) is 14.4. The maximum atomic E-state index is 13.7. The molecule has 0 saturated carbocycles. The number of fused-ring (bicyclic) bond motifs is 1. The van der Waals surface area contributed by atoms with Crippen LogP contribution in [0.3, 0.4) is 0 Å². The number of rotatable bonds is 1. The average Bonchev–Trinajstić information content (AvgIpc) is 2.67. The lowest BCUT2D eigenvalue weighted by atomic mass is 10.2. The zero-order valence-corrected chi connectivity index (χ0v) is 12.2. The summed E-state index contributed by atoms with van der Waals surface area (Å²) in [7, 11) is 0. The van der Waals surface area contributed by atoms with Crippen LogP contribution < -0.4 is 0 Å². The van der Waals surface area contributed by atoms with Crippen LogP contribution in [-0.4, -0.2) is 9.55 Å². The maximum Gasteiger partial charge on any atom is 0.182 e. The molecule has 0 unspecified atom stereocenters.